The second-order valence-electron chi connectivity index (χ2n) is 7.47. The van der Waals surface area contributed by atoms with Gasteiger partial charge in [0.2, 0.25) is 0 Å². The van der Waals surface area contributed by atoms with Crippen LogP contribution in [0, 0.1) is 6.92 Å². The van der Waals surface area contributed by atoms with Gasteiger partial charge < -0.3 is 15.0 Å². The Morgan fingerprint density at radius 1 is 1.28 bits per heavy atom. The number of piperidine rings is 1. The molecule has 0 aromatic heterocycles. The van der Waals surface area contributed by atoms with Crippen molar-refractivity contribution in [3.63, 3.8) is 0 Å². The van der Waals surface area contributed by atoms with Gasteiger partial charge in [0.1, 0.15) is 5.75 Å². The zero-order valence-corrected chi connectivity index (χ0v) is 16.5. The van der Waals surface area contributed by atoms with Gasteiger partial charge in [-0.15, -0.1) is 0 Å². The maximum atomic E-state index is 13.1. The fraction of sp³-hybridized carbons (Fsp3) is 0.667. The normalized spacial score (nSPS) is 16.7. The van der Waals surface area contributed by atoms with Gasteiger partial charge in [-0.3, -0.25) is 4.79 Å². The zero-order chi connectivity index (χ0) is 18.4. The Balaban J connectivity index is 2.13. The fourth-order valence-electron chi connectivity index (χ4n) is 3.53. The average Bonchev–Trinajstić information content (AvgIpc) is 2.59. The van der Waals surface area contributed by atoms with Gasteiger partial charge in [0.25, 0.3) is 5.91 Å². The first-order valence-corrected chi connectivity index (χ1v) is 9.72. The van der Waals surface area contributed by atoms with Crippen molar-refractivity contribution in [1.29, 1.82) is 0 Å². The molecule has 2 rings (SSSR count). The Kier molecular flexibility index (Phi) is 7.30. The van der Waals surface area contributed by atoms with E-state index < -0.39 is 6.10 Å². The van der Waals surface area contributed by atoms with Crippen molar-refractivity contribution >= 4 is 5.91 Å². The van der Waals surface area contributed by atoms with E-state index in [1.807, 2.05) is 13.0 Å². The van der Waals surface area contributed by atoms with Crippen LogP contribution in [0.15, 0.2) is 18.2 Å². The first kappa shape index (κ1) is 19.8. The molecule has 0 bridgehead atoms. The number of carbonyl (C=O) groups excluding carboxylic acids is 1. The Morgan fingerprint density at radius 2 is 1.96 bits per heavy atom. The fourth-order valence-corrected chi connectivity index (χ4v) is 3.53. The number of nitrogens with zero attached hydrogens (tertiary/aromatic N) is 1. The van der Waals surface area contributed by atoms with Gasteiger partial charge in [0.15, 0.2) is 6.10 Å². The predicted octanol–water partition coefficient (Wildman–Crippen LogP) is 3.88. The Hall–Kier alpha value is -1.55. The molecule has 0 spiro atoms. The molecule has 0 aliphatic carbocycles. The van der Waals surface area contributed by atoms with Gasteiger partial charge in [0.05, 0.1) is 0 Å². The van der Waals surface area contributed by atoms with Gasteiger partial charge in [0, 0.05) is 12.6 Å². The van der Waals surface area contributed by atoms with E-state index >= 15 is 0 Å². The summed E-state index contributed by atoms with van der Waals surface area (Å²) in [5.41, 5.74) is 2.32. The van der Waals surface area contributed by atoms with Crippen molar-refractivity contribution < 1.29 is 9.53 Å². The van der Waals surface area contributed by atoms with E-state index in [4.69, 9.17) is 4.74 Å². The van der Waals surface area contributed by atoms with Gasteiger partial charge in [-0.25, -0.2) is 0 Å². The molecule has 25 heavy (non-hydrogen) atoms. The van der Waals surface area contributed by atoms with Crippen molar-refractivity contribution in [2.45, 2.75) is 71.9 Å². The molecule has 4 heteroatoms. The van der Waals surface area contributed by atoms with Crippen LogP contribution >= 0.6 is 0 Å². The molecule has 1 amide bonds. The molecule has 1 aliphatic rings. The van der Waals surface area contributed by atoms with E-state index in [9.17, 15) is 4.79 Å². The molecular weight excluding hydrogens is 312 g/mol. The monoisotopic (exact) mass is 346 g/mol. The minimum atomic E-state index is -0.458. The zero-order valence-electron chi connectivity index (χ0n) is 16.5. The third kappa shape index (κ3) is 5.21. The van der Waals surface area contributed by atoms with Crippen molar-refractivity contribution in [3.8, 4) is 5.75 Å². The lowest BCUT2D eigenvalue weighted by Gasteiger charge is -2.36. The number of aryl methyl sites for hydroxylation is 1. The molecule has 1 atom stereocenters. The topological polar surface area (TPSA) is 41.6 Å². The largest absolute Gasteiger partial charge is 0.481 e. The van der Waals surface area contributed by atoms with Crippen molar-refractivity contribution in [2.75, 3.05) is 19.6 Å². The van der Waals surface area contributed by atoms with Crippen molar-refractivity contribution in [1.82, 2.24) is 10.2 Å². The Bertz CT molecular complexity index is 565. The molecule has 1 aromatic carbocycles. The molecule has 1 heterocycles. The van der Waals surface area contributed by atoms with Crippen LogP contribution in [0.3, 0.4) is 0 Å². The summed E-state index contributed by atoms with van der Waals surface area (Å²) in [4.78, 5) is 15.1. The quantitative estimate of drug-likeness (QED) is 0.815. The minimum Gasteiger partial charge on any atom is -0.481 e. The Morgan fingerprint density at radius 3 is 2.56 bits per heavy atom. The summed E-state index contributed by atoms with van der Waals surface area (Å²) in [6.07, 6.45) is 2.57. The number of rotatable bonds is 7. The highest BCUT2D eigenvalue weighted by atomic mass is 16.5. The summed E-state index contributed by atoms with van der Waals surface area (Å²) in [6.45, 7) is 13.2. The molecule has 0 radical (unpaired) electrons. The molecule has 140 valence electrons. The van der Waals surface area contributed by atoms with E-state index in [1.54, 1.807) is 0 Å². The minimum absolute atomic E-state index is 0.116. The molecule has 4 nitrogen and oxygen atoms in total. The molecule has 0 saturated carbocycles. The maximum absolute atomic E-state index is 13.1. The molecule has 1 aromatic rings. The number of nitrogens with one attached hydrogen (secondary N) is 1. The SMILES string of the molecule is CCCN(C(=O)C(C)Oc1cc(C)ccc1C(C)C)C1CCNCC1. The van der Waals surface area contributed by atoms with Gasteiger partial charge in [-0.1, -0.05) is 32.9 Å². The number of hydrogen-bond acceptors (Lipinski definition) is 3. The smallest absolute Gasteiger partial charge is 0.263 e. The maximum Gasteiger partial charge on any atom is 0.263 e. The summed E-state index contributed by atoms with van der Waals surface area (Å²) in [5.74, 6) is 1.33. The van der Waals surface area contributed by atoms with E-state index in [1.165, 1.54) is 0 Å². The lowest BCUT2D eigenvalue weighted by atomic mass is 10.0. The highest BCUT2D eigenvalue weighted by Crippen LogP contribution is 2.29. The van der Waals surface area contributed by atoms with Crippen molar-refractivity contribution in [2.24, 2.45) is 0 Å². The van der Waals surface area contributed by atoms with Crippen LogP contribution < -0.4 is 10.1 Å². The van der Waals surface area contributed by atoms with E-state index in [-0.39, 0.29) is 5.91 Å². The average molecular weight is 347 g/mol. The summed E-state index contributed by atoms with van der Waals surface area (Å²) >= 11 is 0. The van der Waals surface area contributed by atoms with Crippen LogP contribution in [0.5, 0.6) is 5.75 Å². The van der Waals surface area contributed by atoms with Crippen LogP contribution in [-0.4, -0.2) is 42.6 Å². The second kappa shape index (κ2) is 9.23. The Labute approximate surface area is 152 Å². The molecule has 1 N–H and O–H groups in total. The standard InChI is InChI=1S/C21H34N2O2/c1-6-13-23(18-9-11-22-12-10-18)21(24)17(5)25-20-14-16(4)7-8-19(20)15(2)3/h7-8,14-15,17-18,22H,6,9-13H2,1-5H3. The lowest BCUT2D eigenvalue weighted by molar-refractivity contribution is -0.141. The van der Waals surface area contributed by atoms with Crippen LogP contribution in [-0.2, 0) is 4.79 Å². The second-order valence-corrected chi connectivity index (χ2v) is 7.47. The molecule has 1 aliphatic heterocycles. The van der Waals surface area contributed by atoms with E-state index in [2.05, 4.69) is 50.0 Å². The molecule has 1 saturated heterocycles. The van der Waals surface area contributed by atoms with Crippen LogP contribution in [0.2, 0.25) is 0 Å². The number of amides is 1. The predicted molar refractivity (Wildman–Crippen MR) is 103 cm³/mol. The number of carbonyl (C=O) groups is 1. The molecular formula is C21H34N2O2. The van der Waals surface area contributed by atoms with Gasteiger partial charge in [-0.05, 0) is 69.3 Å². The lowest BCUT2D eigenvalue weighted by Crippen LogP contribution is -2.50. The van der Waals surface area contributed by atoms with E-state index in [0.717, 1.165) is 55.8 Å². The first-order valence-electron chi connectivity index (χ1n) is 9.72. The van der Waals surface area contributed by atoms with Gasteiger partial charge in [-0.2, -0.15) is 0 Å². The summed E-state index contributed by atoms with van der Waals surface area (Å²) in [6, 6.07) is 6.60. The van der Waals surface area contributed by atoms with Gasteiger partial charge >= 0.3 is 0 Å². The van der Waals surface area contributed by atoms with Crippen molar-refractivity contribution in [3.05, 3.63) is 29.3 Å². The highest BCUT2D eigenvalue weighted by molar-refractivity contribution is 5.81. The first-order chi connectivity index (χ1) is 11.9. The summed E-state index contributed by atoms with van der Waals surface area (Å²) < 4.78 is 6.16. The summed E-state index contributed by atoms with van der Waals surface area (Å²) in [7, 11) is 0. The van der Waals surface area contributed by atoms with Crippen LogP contribution in [0.25, 0.3) is 0 Å². The highest BCUT2D eigenvalue weighted by Gasteiger charge is 2.29. The third-order valence-corrected chi connectivity index (χ3v) is 4.94. The number of ether oxygens (including phenoxy) is 1. The van der Waals surface area contributed by atoms with Crippen LogP contribution in [0.4, 0.5) is 0 Å². The molecule has 1 fully saturated rings. The number of hydrogen-bond donors (Lipinski definition) is 1. The molecule has 1 unspecified atom stereocenters. The number of benzene rings is 1. The third-order valence-electron chi connectivity index (χ3n) is 4.94. The van der Waals surface area contributed by atoms with Crippen LogP contribution in [0.1, 0.15) is 64.0 Å². The van der Waals surface area contributed by atoms with E-state index in [0.29, 0.717) is 12.0 Å². The summed E-state index contributed by atoms with van der Waals surface area (Å²) in [5, 5.41) is 3.38.